The number of hydrogen-bond donors (Lipinski definition) is 1. The molecule has 3 aromatic carbocycles. The molecule has 1 aromatic heterocycles. The molecule has 0 fully saturated rings. The molecule has 7 heteroatoms. The Balaban J connectivity index is 1.45. The van der Waals surface area contributed by atoms with Crippen LogP contribution >= 0.6 is 11.3 Å². The van der Waals surface area contributed by atoms with Gasteiger partial charge in [0.15, 0.2) is 0 Å². The van der Waals surface area contributed by atoms with Crippen LogP contribution in [-0.4, -0.2) is 15.6 Å². The lowest BCUT2D eigenvalue weighted by atomic mass is 9.85. The molecule has 1 aliphatic rings. The summed E-state index contributed by atoms with van der Waals surface area (Å²) < 4.78 is 0. The maximum absolute atomic E-state index is 10.8. The lowest BCUT2D eigenvalue weighted by Crippen LogP contribution is -2.17. The van der Waals surface area contributed by atoms with Gasteiger partial charge in [0, 0.05) is 34.2 Å². The van der Waals surface area contributed by atoms with Gasteiger partial charge >= 0.3 is 0 Å². The maximum atomic E-state index is 10.8. The molecule has 1 aliphatic carbocycles. The zero-order chi connectivity index (χ0) is 20.5. The summed E-state index contributed by atoms with van der Waals surface area (Å²) in [7, 11) is 0. The summed E-state index contributed by atoms with van der Waals surface area (Å²) in [6.07, 6.45) is 0.896. The molecule has 0 radical (unpaired) electrons. The minimum atomic E-state index is -0.409. The Hall–Kier alpha value is -3.84. The van der Waals surface area contributed by atoms with Crippen LogP contribution in [0.15, 0.2) is 83.3 Å². The van der Waals surface area contributed by atoms with Gasteiger partial charge in [0.05, 0.1) is 16.3 Å². The molecule has 5 rings (SSSR count). The number of nitrogens with one attached hydrogen (secondary N) is 1. The maximum Gasteiger partial charge on any atom is 0.269 e. The Morgan fingerprint density at radius 1 is 0.933 bits per heavy atom. The van der Waals surface area contributed by atoms with Gasteiger partial charge in [-0.15, -0.1) is 11.3 Å². The molecule has 1 N–H and O–H groups in total. The number of nitro benzene ring substituents is 1. The minimum absolute atomic E-state index is 0.0633. The second kappa shape index (κ2) is 7.53. The summed E-state index contributed by atoms with van der Waals surface area (Å²) in [5, 5.41) is 18.1. The van der Waals surface area contributed by atoms with Crippen LogP contribution in [-0.2, 0) is 6.42 Å². The standard InChI is InChI=1S/C23H16N4O2S/c28-27(29)18-11-9-15(10-12-18)21-14-30-23(24-21)26-25-22-19-7-3-1-5-16(19)13-17-6-2-4-8-20(17)22/h1-12,14H,13H2,(H,24,26). The van der Waals surface area contributed by atoms with E-state index in [4.69, 9.17) is 5.10 Å². The second-order valence-electron chi connectivity index (χ2n) is 6.91. The van der Waals surface area contributed by atoms with Gasteiger partial charge in [-0.1, -0.05) is 48.5 Å². The van der Waals surface area contributed by atoms with E-state index in [-0.39, 0.29) is 5.69 Å². The fraction of sp³-hybridized carbons (Fsp3) is 0.0435. The first-order valence-corrected chi connectivity index (χ1v) is 10.3. The van der Waals surface area contributed by atoms with E-state index in [2.05, 4.69) is 46.8 Å². The number of non-ortho nitro benzene ring substituents is 1. The van der Waals surface area contributed by atoms with E-state index in [1.54, 1.807) is 12.1 Å². The molecule has 30 heavy (non-hydrogen) atoms. The van der Waals surface area contributed by atoms with Crippen molar-refractivity contribution in [2.24, 2.45) is 5.10 Å². The lowest BCUT2D eigenvalue weighted by Gasteiger charge is -2.21. The lowest BCUT2D eigenvalue weighted by molar-refractivity contribution is -0.384. The predicted octanol–water partition coefficient (Wildman–Crippen LogP) is 5.49. The Bertz CT molecular complexity index is 1230. The number of benzene rings is 3. The molecule has 0 bridgehead atoms. The number of nitro groups is 1. The number of fused-ring (bicyclic) bond motifs is 2. The number of hydrogen-bond acceptors (Lipinski definition) is 6. The molecule has 0 amide bonds. The van der Waals surface area contributed by atoms with Crippen molar-refractivity contribution in [1.82, 2.24) is 4.98 Å². The molecule has 0 saturated carbocycles. The summed E-state index contributed by atoms with van der Waals surface area (Å²) in [6.45, 7) is 0. The fourth-order valence-corrected chi connectivity index (χ4v) is 4.26. The fourth-order valence-electron chi connectivity index (χ4n) is 3.60. The quantitative estimate of drug-likeness (QED) is 0.313. The van der Waals surface area contributed by atoms with Crippen molar-refractivity contribution in [2.45, 2.75) is 6.42 Å². The molecular weight excluding hydrogens is 396 g/mol. The number of nitrogens with zero attached hydrogens (tertiary/aromatic N) is 3. The van der Waals surface area contributed by atoms with E-state index in [1.807, 2.05) is 17.5 Å². The van der Waals surface area contributed by atoms with E-state index in [9.17, 15) is 10.1 Å². The summed E-state index contributed by atoms with van der Waals surface area (Å²) in [6, 6.07) is 23.0. The van der Waals surface area contributed by atoms with Gasteiger partial charge in [-0.25, -0.2) is 4.98 Å². The van der Waals surface area contributed by atoms with E-state index < -0.39 is 4.92 Å². The zero-order valence-corrected chi connectivity index (χ0v) is 16.6. The van der Waals surface area contributed by atoms with Crippen molar-refractivity contribution in [1.29, 1.82) is 0 Å². The van der Waals surface area contributed by atoms with Crippen molar-refractivity contribution in [2.75, 3.05) is 5.43 Å². The van der Waals surface area contributed by atoms with Gasteiger partial charge < -0.3 is 0 Å². The second-order valence-corrected chi connectivity index (χ2v) is 7.76. The largest absolute Gasteiger partial charge is 0.269 e. The van der Waals surface area contributed by atoms with Crippen molar-refractivity contribution in [3.05, 3.63) is 111 Å². The molecule has 146 valence electrons. The van der Waals surface area contributed by atoms with Crippen LogP contribution in [0.3, 0.4) is 0 Å². The highest BCUT2D eigenvalue weighted by Gasteiger charge is 2.21. The minimum Gasteiger partial charge on any atom is -0.258 e. The molecule has 4 aromatic rings. The van der Waals surface area contributed by atoms with Crippen molar-refractivity contribution in [3.8, 4) is 11.3 Å². The first-order valence-electron chi connectivity index (χ1n) is 9.39. The van der Waals surface area contributed by atoms with Crippen molar-refractivity contribution >= 4 is 27.9 Å². The monoisotopic (exact) mass is 412 g/mol. The van der Waals surface area contributed by atoms with Gasteiger partial charge in [0.1, 0.15) is 0 Å². The number of aromatic nitrogens is 1. The highest BCUT2D eigenvalue weighted by atomic mass is 32.1. The van der Waals surface area contributed by atoms with Crippen LogP contribution in [0, 0.1) is 10.1 Å². The smallest absolute Gasteiger partial charge is 0.258 e. The topological polar surface area (TPSA) is 80.4 Å². The number of anilines is 1. The number of thiazole rings is 1. The number of rotatable bonds is 4. The third kappa shape index (κ3) is 3.35. The van der Waals surface area contributed by atoms with Gasteiger partial charge in [-0.05, 0) is 29.7 Å². The van der Waals surface area contributed by atoms with Crippen LogP contribution in [0.2, 0.25) is 0 Å². The van der Waals surface area contributed by atoms with Gasteiger partial charge in [-0.2, -0.15) is 5.10 Å². The predicted molar refractivity (Wildman–Crippen MR) is 119 cm³/mol. The van der Waals surface area contributed by atoms with Gasteiger partial charge in [0.2, 0.25) is 5.13 Å². The molecule has 0 spiro atoms. The van der Waals surface area contributed by atoms with Crippen LogP contribution in [0.5, 0.6) is 0 Å². The van der Waals surface area contributed by atoms with Crippen molar-refractivity contribution in [3.63, 3.8) is 0 Å². The summed E-state index contributed by atoms with van der Waals surface area (Å²) in [5.74, 6) is 0. The highest BCUT2D eigenvalue weighted by Crippen LogP contribution is 2.29. The van der Waals surface area contributed by atoms with E-state index in [0.717, 1.165) is 34.5 Å². The summed E-state index contributed by atoms with van der Waals surface area (Å²) in [4.78, 5) is 15.0. The molecule has 0 aliphatic heterocycles. The third-order valence-corrected chi connectivity index (χ3v) is 5.81. The Morgan fingerprint density at radius 3 is 2.20 bits per heavy atom. The first-order chi connectivity index (χ1) is 14.7. The van der Waals surface area contributed by atoms with E-state index in [0.29, 0.717) is 5.13 Å². The van der Waals surface area contributed by atoms with Crippen LogP contribution in [0.25, 0.3) is 11.3 Å². The van der Waals surface area contributed by atoms with Gasteiger partial charge in [-0.3, -0.25) is 15.5 Å². The first kappa shape index (κ1) is 18.2. The molecule has 1 heterocycles. The Morgan fingerprint density at radius 2 is 1.57 bits per heavy atom. The molecule has 0 unspecified atom stereocenters. The average molecular weight is 412 g/mol. The molecule has 0 atom stereocenters. The SMILES string of the molecule is O=[N+]([O-])c1ccc(-c2csc(NN=C3c4ccccc4Cc4ccccc43)n2)cc1. The highest BCUT2D eigenvalue weighted by molar-refractivity contribution is 7.14. The van der Waals surface area contributed by atoms with E-state index >= 15 is 0 Å². The number of hydrazone groups is 1. The molecule has 0 saturated heterocycles. The van der Waals surface area contributed by atoms with E-state index in [1.165, 1.54) is 34.6 Å². The zero-order valence-electron chi connectivity index (χ0n) is 15.8. The van der Waals surface area contributed by atoms with Crippen LogP contribution < -0.4 is 5.43 Å². The Kier molecular flexibility index (Phi) is 4.57. The normalized spacial score (nSPS) is 12.1. The average Bonchev–Trinajstić information content (AvgIpc) is 3.25. The summed E-state index contributed by atoms with van der Waals surface area (Å²) in [5.41, 5.74) is 10.4. The third-order valence-electron chi connectivity index (χ3n) is 5.07. The van der Waals surface area contributed by atoms with Crippen molar-refractivity contribution < 1.29 is 4.92 Å². The van der Waals surface area contributed by atoms with Crippen LogP contribution in [0.4, 0.5) is 10.8 Å². The molecular formula is C23H16N4O2S. The molecule has 6 nitrogen and oxygen atoms in total. The Labute approximate surface area is 176 Å². The summed E-state index contributed by atoms with van der Waals surface area (Å²) >= 11 is 1.44. The van der Waals surface area contributed by atoms with Gasteiger partial charge in [0.25, 0.3) is 5.69 Å². The van der Waals surface area contributed by atoms with Crippen LogP contribution in [0.1, 0.15) is 22.3 Å².